The van der Waals surface area contributed by atoms with Crippen LogP contribution in [-0.2, 0) is 11.2 Å². The molecule has 2 fully saturated rings. The number of aryl methyl sites for hydroxylation is 1. The third-order valence-electron chi connectivity index (χ3n) is 4.22. The highest BCUT2D eigenvalue weighted by molar-refractivity contribution is 5.92. The summed E-state index contributed by atoms with van der Waals surface area (Å²) >= 11 is 0. The molecule has 116 valence electrons. The third kappa shape index (κ3) is 2.39. The Bertz CT molecular complexity index is 654. The number of carbonyl (C=O) groups excluding carboxylic acids is 1. The smallest absolute Gasteiger partial charge is 0.275 e. The summed E-state index contributed by atoms with van der Waals surface area (Å²) in [6.45, 7) is 3.06. The van der Waals surface area contributed by atoms with Gasteiger partial charge in [-0.3, -0.25) is 4.79 Å². The lowest BCUT2D eigenvalue weighted by Gasteiger charge is -2.17. The zero-order chi connectivity index (χ0) is 15.1. The first-order valence-electron chi connectivity index (χ1n) is 7.31. The maximum atomic E-state index is 12.2. The normalized spacial score (nSPS) is 27.3. The number of amides is 1. The Morgan fingerprint density at radius 1 is 1.41 bits per heavy atom. The Kier molecular flexibility index (Phi) is 3.18. The SMILES string of the molecule is Cc1nnc(C[C@@H]2C[C@@H]3CN(C(=O)c4cocn4)C[C@@H]3O2)o1. The Labute approximate surface area is 126 Å². The molecule has 4 heterocycles. The van der Waals surface area contributed by atoms with Crippen molar-refractivity contribution in [1.82, 2.24) is 20.1 Å². The van der Waals surface area contributed by atoms with Crippen molar-refractivity contribution in [1.29, 1.82) is 0 Å². The molecule has 2 saturated heterocycles. The molecule has 4 rings (SSSR count). The van der Waals surface area contributed by atoms with E-state index in [2.05, 4.69) is 15.2 Å². The highest BCUT2D eigenvalue weighted by Gasteiger charge is 2.44. The van der Waals surface area contributed by atoms with Crippen LogP contribution in [0.3, 0.4) is 0 Å². The monoisotopic (exact) mass is 304 g/mol. The molecule has 0 unspecified atom stereocenters. The second-order valence-electron chi connectivity index (χ2n) is 5.80. The minimum Gasteiger partial charge on any atom is -0.451 e. The highest BCUT2D eigenvalue weighted by atomic mass is 16.5. The van der Waals surface area contributed by atoms with Crippen molar-refractivity contribution in [3.8, 4) is 0 Å². The fourth-order valence-corrected chi connectivity index (χ4v) is 3.25. The van der Waals surface area contributed by atoms with Crippen LogP contribution in [0.1, 0.15) is 28.7 Å². The molecule has 8 nitrogen and oxygen atoms in total. The standard InChI is InChI=1S/C14H16N4O4/c1-8-16-17-13(21-8)3-10-2-9-4-18(5-12(9)22-10)14(19)11-6-20-7-15-11/h6-7,9-10,12H,2-5H2,1H3/t9-,10+,12+/m1/s1. The molecular formula is C14H16N4O4. The highest BCUT2D eigenvalue weighted by Crippen LogP contribution is 2.34. The molecule has 0 spiro atoms. The van der Waals surface area contributed by atoms with Gasteiger partial charge in [-0.2, -0.15) is 0 Å². The molecule has 0 aromatic carbocycles. The van der Waals surface area contributed by atoms with Crippen LogP contribution in [0, 0.1) is 12.8 Å². The van der Waals surface area contributed by atoms with Crippen molar-refractivity contribution in [2.24, 2.45) is 5.92 Å². The molecule has 3 atom stereocenters. The predicted molar refractivity (Wildman–Crippen MR) is 71.9 cm³/mol. The van der Waals surface area contributed by atoms with Crippen LogP contribution in [0.2, 0.25) is 0 Å². The van der Waals surface area contributed by atoms with Gasteiger partial charge in [0, 0.05) is 25.9 Å². The van der Waals surface area contributed by atoms with E-state index in [1.165, 1.54) is 12.7 Å². The van der Waals surface area contributed by atoms with Crippen LogP contribution < -0.4 is 0 Å². The van der Waals surface area contributed by atoms with Crippen LogP contribution in [0.4, 0.5) is 0 Å². The Hall–Kier alpha value is -2.22. The number of hydrogen-bond donors (Lipinski definition) is 0. The second kappa shape index (κ2) is 5.20. The first kappa shape index (κ1) is 13.4. The molecule has 2 aliphatic rings. The number of oxazole rings is 1. The Morgan fingerprint density at radius 2 is 2.32 bits per heavy atom. The maximum Gasteiger partial charge on any atom is 0.275 e. The van der Waals surface area contributed by atoms with Gasteiger partial charge in [0.1, 0.15) is 6.26 Å². The molecule has 0 N–H and O–H groups in total. The van der Waals surface area contributed by atoms with E-state index in [9.17, 15) is 4.79 Å². The number of hydrogen-bond acceptors (Lipinski definition) is 7. The summed E-state index contributed by atoms with van der Waals surface area (Å²) in [5.74, 6) is 1.43. The summed E-state index contributed by atoms with van der Waals surface area (Å²) in [7, 11) is 0. The van der Waals surface area contributed by atoms with Gasteiger partial charge in [-0.1, -0.05) is 0 Å². The zero-order valence-electron chi connectivity index (χ0n) is 12.1. The largest absolute Gasteiger partial charge is 0.451 e. The minimum atomic E-state index is -0.101. The first-order chi connectivity index (χ1) is 10.7. The molecule has 0 bridgehead atoms. The number of nitrogens with zero attached hydrogens (tertiary/aromatic N) is 4. The molecule has 2 aromatic rings. The first-order valence-corrected chi connectivity index (χ1v) is 7.31. The molecule has 0 aliphatic carbocycles. The predicted octanol–water partition coefficient (Wildman–Crippen LogP) is 0.838. The van der Waals surface area contributed by atoms with Crippen molar-refractivity contribution >= 4 is 5.91 Å². The Balaban J connectivity index is 1.35. The number of aromatic nitrogens is 3. The van der Waals surface area contributed by atoms with Gasteiger partial charge >= 0.3 is 0 Å². The summed E-state index contributed by atoms with van der Waals surface area (Å²) in [5, 5.41) is 7.82. The average Bonchev–Trinajstić information content (AvgIpc) is 3.21. The summed E-state index contributed by atoms with van der Waals surface area (Å²) < 4.78 is 16.3. The molecule has 2 aromatic heterocycles. The van der Waals surface area contributed by atoms with Gasteiger partial charge in [-0.25, -0.2) is 4.98 Å². The fraction of sp³-hybridized carbons (Fsp3) is 0.571. The van der Waals surface area contributed by atoms with E-state index in [1.807, 2.05) is 0 Å². The van der Waals surface area contributed by atoms with Crippen molar-refractivity contribution in [2.75, 3.05) is 13.1 Å². The summed E-state index contributed by atoms with van der Waals surface area (Å²) in [6, 6.07) is 0. The van der Waals surface area contributed by atoms with Crippen LogP contribution in [0.25, 0.3) is 0 Å². The van der Waals surface area contributed by atoms with Gasteiger partial charge < -0.3 is 18.5 Å². The van der Waals surface area contributed by atoms with E-state index in [1.54, 1.807) is 11.8 Å². The molecular weight excluding hydrogens is 288 g/mol. The number of ether oxygens (including phenoxy) is 1. The maximum absolute atomic E-state index is 12.2. The molecule has 0 radical (unpaired) electrons. The van der Waals surface area contributed by atoms with Gasteiger partial charge in [-0.15, -0.1) is 10.2 Å². The van der Waals surface area contributed by atoms with E-state index in [-0.39, 0.29) is 18.1 Å². The van der Waals surface area contributed by atoms with E-state index < -0.39 is 0 Å². The second-order valence-corrected chi connectivity index (χ2v) is 5.80. The number of likely N-dealkylation sites (tertiary alicyclic amines) is 1. The lowest BCUT2D eigenvalue weighted by atomic mass is 10.0. The fourth-order valence-electron chi connectivity index (χ4n) is 3.25. The number of fused-ring (bicyclic) bond motifs is 1. The van der Waals surface area contributed by atoms with E-state index in [0.717, 1.165) is 6.42 Å². The molecule has 2 aliphatic heterocycles. The van der Waals surface area contributed by atoms with Crippen molar-refractivity contribution < 1.29 is 18.4 Å². The van der Waals surface area contributed by atoms with Crippen molar-refractivity contribution in [2.45, 2.75) is 32.0 Å². The van der Waals surface area contributed by atoms with Crippen LogP contribution in [-0.4, -0.2) is 51.3 Å². The van der Waals surface area contributed by atoms with Gasteiger partial charge in [0.05, 0.1) is 18.6 Å². The van der Waals surface area contributed by atoms with Gasteiger partial charge in [-0.05, 0) is 6.42 Å². The van der Waals surface area contributed by atoms with Crippen LogP contribution in [0.15, 0.2) is 21.5 Å². The lowest BCUT2D eigenvalue weighted by Crippen LogP contribution is -2.31. The molecule has 0 saturated carbocycles. The van der Waals surface area contributed by atoms with E-state index in [4.69, 9.17) is 13.6 Å². The van der Waals surface area contributed by atoms with Crippen LogP contribution in [0.5, 0.6) is 0 Å². The van der Waals surface area contributed by atoms with Gasteiger partial charge in [0.2, 0.25) is 11.8 Å². The number of rotatable bonds is 3. The third-order valence-corrected chi connectivity index (χ3v) is 4.22. The summed E-state index contributed by atoms with van der Waals surface area (Å²) in [5.41, 5.74) is 0.345. The quantitative estimate of drug-likeness (QED) is 0.829. The lowest BCUT2D eigenvalue weighted by molar-refractivity contribution is 0.0334. The summed E-state index contributed by atoms with van der Waals surface area (Å²) in [6.07, 6.45) is 4.32. The zero-order valence-corrected chi connectivity index (χ0v) is 12.1. The molecule has 8 heteroatoms. The van der Waals surface area contributed by atoms with Gasteiger partial charge in [0.25, 0.3) is 5.91 Å². The average molecular weight is 304 g/mol. The number of carbonyl (C=O) groups is 1. The van der Waals surface area contributed by atoms with E-state index >= 15 is 0 Å². The van der Waals surface area contributed by atoms with Crippen molar-refractivity contribution in [3.05, 3.63) is 30.1 Å². The van der Waals surface area contributed by atoms with E-state index in [0.29, 0.717) is 42.9 Å². The molecule has 1 amide bonds. The molecule has 22 heavy (non-hydrogen) atoms. The van der Waals surface area contributed by atoms with Gasteiger partial charge in [0.15, 0.2) is 12.1 Å². The Morgan fingerprint density at radius 3 is 3.00 bits per heavy atom. The topological polar surface area (TPSA) is 94.5 Å². The summed E-state index contributed by atoms with van der Waals surface area (Å²) in [4.78, 5) is 17.9. The van der Waals surface area contributed by atoms with Crippen LogP contribution >= 0.6 is 0 Å². The van der Waals surface area contributed by atoms with Crippen molar-refractivity contribution in [3.63, 3.8) is 0 Å². The minimum absolute atomic E-state index is 0.0740.